The molecule has 0 radical (unpaired) electrons. The molecule has 1 aliphatic heterocycles. The molecule has 0 bridgehead atoms. The molecule has 1 aliphatic rings. The van der Waals surface area contributed by atoms with Crippen LogP contribution in [-0.2, 0) is 22.5 Å². The number of benzene rings is 2. The van der Waals surface area contributed by atoms with E-state index in [1.165, 1.54) is 4.57 Å². The molecule has 1 saturated heterocycles. The second kappa shape index (κ2) is 10.4. The Morgan fingerprint density at radius 1 is 1.29 bits per heavy atom. The number of aliphatic hydroxyl groups is 1. The molecule has 0 aliphatic carbocycles. The summed E-state index contributed by atoms with van der Waals surface area (Å²) in [6.45, 7) is 5.15. The molecule has 0 spiro atoms. The standard InChI is InChI=1S/C26H30N4O5/c1-26(2,33)16-30-21-13-19(8-9-22(21)35-25(30)32)18-6-4-17(5-7-18)12-20(14-27)29-24(31)23-15-28-10-3-11-34-23/h4-9,13,20,23,28,33H,3,10-12,15-16H2,1-2H3,(H,29,31)/t20-,23?/m0/s1. The lowest BCUT2D eigenvalue weighted by Crippen LogP contribution is -2.46. The Kier molecular flexibility index (Phi) is 7.36. The maximum atomic E-state index is 12.5. The first-order chi connectivity index (χ1) is 16.7. The lowest BCUT2D eigenvalue weighted by Gasteiger charge is -2.18. The van der Waals surface area contributed by atoms with Gasteiger partial charge >= 0.3 is 5.76 Å². The Hall–Kier alpha value is -3.45. The fourth-order valence-electron chi connectivity index (χ4n) is 4.12. The number of hydrogen-bond donors (Lipinski definition) is 3. The number of hydrogen-bond acceptors (Lipinski definition) is 7. The van der Waals surface area contributed by atoms with E-state index in [-0.39, 0.29) is 12.5 Å². The van der Waals surface area contributed by atoms with Crippen LogP contribution in [0.5, 0.6) is 0 Å². The maximum absolute atomic E-state index is 12.5. The number of fused-ring (bicyclic) bond motifs is 1. The predicted molar refractivity (Wildman–Crippen MR) is 131 cm³/mol. The van der Waals surface area contributed by atoms with E-state index in [0.717, 1.165) is 29.7 Å². The normalized spacial score (nSPS) is 17.5. The molecule has 2 heterocycles. The summed E-state index contributed by atoms with van der Waals surface area (Å²) in [4.78, 5) is 24.7. The molecule has 3 N–H and O–H groups in total. The van der Waals surface area contributed by atoms with Crippen molar-refractivity contribution < 1.29 is 19.1 Å². The number of rotatable bonds is 7. The van der Waals surface area contributed by atoms with Crippen LogP contribution in [0.4, 0.5) is 0 Å². The van der Waals surface area contributed by atoms with E-state index in [0.29, 0.717) is 30.7 Å². The van der Waals surface area contributed by atoms with Gasteiger partial charge in [-0.25, -0.2) is 4.79 Å². The minimum Gasteiger partial charge on any atom is -0.408 e. The van der Waals surface area contributed by atoms with Crippen LogP contribution in [0.25, 0.3) is 22.2 Å². The zero-order chi connectivity index (χ0) is 25.0. The van der Waals surface area contributed by atoms with Crippen LogP contribution in [0.15, 0.2) is 51.7 Å². The summed E-state index contributed by atoms with van der Waals surface area (Å²) in [5.74, 6) is -0.794. The fraction of sp³-hybridized carbons (Fsp3) is 0.423. The summed E-state index contributed by atoms with van der Waals surface area (Å²) >= 11 is 0. The van der Waals surface area contributed by atoms with Crippen molar-refractivity contribution in [3.8, 4) is 17.2 Å². The van der Waals surface area contributed by atoms with E-state index in [2.05, 4.69) is 16.7 Å². The van der Waals surface area contributed by atoms with Gasteiger partial charge in [0.1, 0.15) is 12.1 Å². The van der Waals surface area contributed by atoms with Gasteiger partial charge in [-0.3, -0.25) is 9.36 Å². The van der Waals surface area contributed by atoms with Gasteiger partial charge in [-0.1, -0.05) is 30.3 Å². The highest BCUT2D eigenvalue weighted by molar-refractivity contribution is 5.82. The number of nitriles is 1. The first-order valence-corrected chi connectivity index (χ1v) is 11.7. The van der Waals surface area contributed by atoms with E-state index >= 15 is 0 Å². The highest BCUT2D eigenvalue weighted by Crippen LogP contribution is 2.25. The first-order valence-electron chi connectivity index (χ1n) is 11.7. The van der Waals surface area contributed by atoms with Crippen LogP contribution >= 0.6 is 0 Å². The second-order valence-electron chi connectivity index (χ2n) is 9.46. The highest BCUT2D eigenvalue weighted by atomic mass is 16.5. The van der Waals surface area contributed by atoms with Crippen molar-refractivity contribution in [3.63, 3.8) is 0 Å². The lowest BCUT2D eigenvalue weighted by molar-refractivity contribution is -0.132. The molecule has 1 unspecified atom stereocenters. The largest absolute Gasteiger partial charge is 0.420 e. The van der Waals surface area contributed by atoms with Gasteiger partial charge in [0, 0.05) is 19.6 Å². The summed E-state index contributed by atoms with van der Waals surface area (Å²) in [7, 11) is 0. The molecule has 1 amide bonds. The van der Waals surface area contributed by atoms with Crippen LogP contribution < -0.4 is 16.4 Å². The summed E-state index contributed by atoms with van der Waals surface area (Å²) in [6.07, 6.45) is 0.625. The zero-order valence-corrected chi connectivity index (χ0v) is 19.9. The molecule has 3 aromatic rings. The van der Waals surface area contributed by atoms with Crippen molar-refractivity contribution in [1.29, 1.82) is 5.26 Å². The Balaban J connectivity index is 1.47. The SMILES string of the molecule is CC(C)(O)Cn1c(=O)oc2ccc(-c3ccc(C[C@@H](C#N)NC(=O)C4CNCCCO4)cc3)cc21. The summed E-state index contributed by atoms with van der Waals surface area (Å²) < 4.78 is 12.3. The van der Waals surface area contributed by atoms with Gasteiger partial charge < -0.3 is 24.9 Å². The topological polar surface area (TPSA) is 130 Å². The number of carbonyl (C=O) groups excluding carboxylic acids is 1. The Bertz CT molecular complexity index is 1270. The molecule has 2 atom stereocenters. The van der Waals surface area contributed by atoms with Crippen molar-refractivity contribution in [2.75, 3.05) is 19.7 Å². The zero-order valence-electron chi connectivity index (χ0n) is 19.9. The molecule has 1 aromatic heterocycles. The monoisotopic (exact) mass is 478 g/mol. The van der Waals surface area contributed by atoms with Crippen molar-refractivity contribution in [3.05, 3.63) is 58.6 Å². The number of ether oxygens (including phenoxy) is 1. The summed E-state index contributed by atoms with van der Waals surface area (Å²) in [6, 6.07) is 14.7. The number of nitrogens with zero attached hydrogens (tertiary/aromatic N) is 2. The summed E-state index contributed by atoms with van der Waals surface area (Å²) in [5, 5.41) is 25.7. The molecule has 2 aromatic carbocycles. The minimum absolute atomic E-state index is 0.116. The third kappa shape index (κ3) is 6.17. The maximum Gasteiger partial charge on any atom is 0.420 e. The van der Waals surface area contributed by atoms with Crippen LogP contribution in [-0.4, -0.2) is 53.0 Å². The van der Waals surface area contributed by atoms with Gasteiger partial charge in [-0.2, -0.15) is 5.26 Å². The van der Waals surface area contributed by atoms with Gasteiger partial charge in [0.25, 0.3) is 5.91 Å². The Morgan fingerprint density at radius 2 is 2.03 bits per heavy atom. The molecule has 184 valence electrons. The molecule has 9 nitrogen and oxygen atoms in total. The quantitative estimate of drug-likeness (QED) is 0.473. The van der Waals surface area contributed by atoms with Gasteiger partial charge in [0.15, 0.2) is 5.58 Å². The van der Waals surface area contributed by atoms with Crippen LogP contribution in [0, 0.1) is 11.3 Å². The summed E-state index contributed by atoms with van der Waals surface area (Å²) in [5.41, 5.74) is 2.72. The third-order valence-corrected chi connectivity index (χ3v) is 5.85. The van der Waals surface area contributed by atoms with Gasteiger partial charge in [-0.15, -0.1) is 0 Å². The Labute approximate surface area is 203 Å². The first kappa shape index (κ1) is 24.7. The minimum atomic E-state index is -1.07. The third-order valence-electron chi connectivity index (χ3n) is 5.85. The average Bonchev–Trinajstić information content (AvgIpc) is 2.99. The number of aromatic nitrogens is 1. The Morgan fingerprint density at radius 3 is 2.74 bits per heavy atom. The average molecular weight is 479 g/mol. The number of nitrogens with one attached hydrogen (secondary N) is 2. The predicted octanol–water partition coefficient (Wildman–Crippen LogP) is 1.96. The van der Waals surface area contributed by atoms with E-state index in [1.807, 2.05) is 36.4 Å². The van der Waals surface area contributed by atoms with E-state index < -0.39 is 23.5 Å². The van der Waals surface area contributed by atoms with Gasteiger partial charge in [0.05, 0.1) is 23.7 Å². The molecule has 35 heavy (non-hydrogen) atoms. The number of amides is 1. The highest BCUT2D eigenvalue weighted by Gasteiger charge is 2.23. The van der Waals surface area contributed by atoms with Gasteiger partial charge in [0.2, 0.25) is 0 Å². The van der Waals surface area contributed by atoms with E-state index in [4.69, 9.17) is 9.15 Å². The second-order valence-corrected chi connectivity index (χ2v) is 9.46. The van der Waals surface area contributed by atoms with Crippen molar-refractivity contribution in [2.45, 2.75) is 51.0 Å². The number of carbonyl (C=O) groups is 1. The van der Waals surface area contributed by atoms with Gasteiger partial charge in [-0.05, 0) is 55.6 Å². The van der Waals surface area contributed by atoms with Crippen LogP contribution in [0.1, 0.15) is 25.8 Å². The number of oxazole rings is 1. The van der Waals surface area contributed by atoms with Crippen LogP contribution in [0.3, 0.4) is 0 Å². The van der Waals surface area contributed by atoms with Crippen molar-refractivity contribution in [1.82, 2.24) is 15.2 Å². The lowest BCUT2D eigenvalue weighted by atomic mass is 10.0. The van der Waals surface area contributed by atoms with Crippen LogP contribution in [0.2, 0.25) is 0 Å². The molecule has 1 fully saturated rings. The van der Waals surface area contributed by atoms with Crippen molar-refractivity contribution in [2.24, 2.45) is 0 Å². The smallest absolute Gasteiger partial charge is 0.408 e. The van der Waals surface area contributed by atoms with Crippen molar-refractivity contribution >= 4 is 17.0 Å². The van der Waals surface area contributed by atoms with E-state index in [1.54, 1.807) is 19.9 Å². The molecule has 0 saturated carbocycles. The fourth-order valence-corrected chi connectivity index (χ4v) is 4.12. The molecule has 9 heteroatoms. The van der Waals surface area contributed by atoms with E-state index in [9.17, 15) is 20.0 Å². The molecular formula is C26H30N4O5. The molecular weight excluding hydrogens is 448 g/mol. The molecule has 4 rings (SSSR count).